The summed E-state index contributed by atoms with van der Waals surface area (Å²) in [7, 11) is 0. The van der Waals surface area contributed by atoms with Crippen molar-refractivity contribution in [1.82, 2.24) is 5.32 Å². The largest absolute Gasteiger partial charge is 0.310 e. The van der Waals surface area contributed by atoms with E-state index >= 15 is 0 Å². The zero-order valence-electron chi connectivity index (χ0n) is 11.2. The summed E-state index contributed by atoms with van der Waals surface area (Å²) in [4.78, 5) is 0. The average molecular weight is 351 g/mol. The third-order valence-electron chi connectivity index (χ3n) is 3.94. The number of rotatable bonds is 4. The minimum atomic E-state index is 0.623. The molecule has 1 saturated carbocycles. The van der Waals surface area contributed by atoms with Gasteiger partial charge in [-0.3, -0.25) is 0 Å². The SMILES string of the molecule is Clc1cccc(CNC2CC(c3cccc(Br)c3)C2)c1. The van der Waals surface area contributed by atoms with E-state index in [9.17, 15) is 0 Å². The maximum absolute atomic E-state index is 5.99. The topological polar surface area (TPSA) is 12.0 Å². The maximum Gasteiger partial charge on any atom is 0.0409 e. The van der Waals surface area contributed by atoms with Crippen LogP contribution in [0.2, 0.25) is 5.02 Å². The molecular weight excluding hydrogens is 334 g/mol. The second-order valence-electron chi connectivity index (χ2n) is 5.43. The molecule has 0 heterocycles. The Morgan fingerprint density at radius 2 is 1.90 bits per heavy atom. The molecule has 0 saturated heterocycles. The van der Waals surface area contributed by atoms with Crippen LogP contribution < -0.4 is 5.32 Å². The van der Waals surface area contributed by atoms with E-state index in [-0.39, 0.29) is 0 Å². The summed E-state index contributed by atoms with van der Waals surface area (Å²) in [6.45, 7) is 0.899. The van der Waals surface area contributed by atoms with Crippen LogP contribution >= 0.6 is 27.5 Å². The van der Waals surface area contributed by atoms with E-state index in [4.69, 9.17) is 11.6 Å². The molecule has 0 aromatic heterocycles. The molecule has 3 heteroatoms. The van der Waals surface area contributed by atoms with Gasteiger partial charge in [-0.15, -0.1) is 0 Å². The first kappa shape index (κ1) is 14.1. The molecule has 0 unspecified atom stereocenters. The summed E-state index contributed by atoms with van der Waals surface area (Å²) in [5, 5.41) is 4.42. The van der Waals surface area contributed by atoms with Crippen LogP contribution in [0.5, 0.6) is 0 Å². The quantitative estimate of drug-likeness (QED) is 0.805. The Morgan fingerprint density at radius 3 is 2.65 bits per heavy atom. The summed E-state index contributed by atoms with van der Waals surface area (Å²) in [6, 6.07) is 17.3. The first-order valence-corrected chi connectivity index (χ1v) is 8.11. The Morgan fingerprint density at radius 1 is 1.10 bits per heavy atom. The van der Waals surface area contributed by atoms with Crippen LogP contribution in [-0.4, -0.2) is 6.04 Å². The van der Waals surface area contributed by atoms with Gasteiger partial charge in [-0.1, -0.05) is 51.8 Å². The Bertz CT molecular complexity index is 590. The van der Waals surface area contributed by atoms with Gasteiger partial charge in [0.1, 0.15) is 0 Å². The highest BCUT2D eigenvalue weighted by Gasteiger charge is 2.29. The molecule has 0 radical (unpaired) electrons. The van der Waals surface area contributed by atoms with Crippen molar-refractivity contribution >= 4 is 27.5 Å². The van der Waals surface area contributed by atoms with Crippen molar-refractivity contribution in [3.63, 3.8) is 0 Å². The van der Waals surface area contributed by atoms with Gasteiger partial charge in [-0.25, -0.2) is 0 Å². The van der Waals surface area contributed by atoms with Crippen molar-refractivity contribution in [2.45, 2.75) is 31.3 Å². The van der Waals surface area contributed by atoms with E-state index in [1.165, 1.54) is 28.4 Å². The molecule has 0 bridgehead atoms. The van der Waals surface area contributed by atoms with Crippen LogP contribution in [0.25, 0.3) is 0 Å². The van der Waals surface area contributed by atoms with E-state index in [2.05, 4.69) is 51.6 Å². The molecule has 1 aliphatic carbocycles. The van der Waals surface area contributed by atoms with Crippen LogP contribution in [0, 0.1) is 0 Å². The lowest BCUT2D eigenvalue weighted by Gasteiger charge is -2.36. The van der Waals surface area contributed by atoms with Gasteiger partial charge in [0.2, 0.25) is 0 Å². The Balaban J connectivity index is 1.49. The molecule has 1 fully saturated rings. The monoisotopic (exact) mass is 349 g/mol. The number of benzene rings is 2. The van der Waals surface area contributed by atoms with Gasteiger partial charge < -0.3 is 5.32 Å². The molecule has 0 atom stereocenters. The smallest absolute Gasteiger partial charge is 0.0409 e. The molecule has 20 heavy (non-hydrogen) atoms. The highest BCUT2D eigenvalue weighted by Crippen LogP contribution is 2.37. The zero-order chi connectivity index (χ0) is 13.9. The minimum Gasteiger partial charge on any atom is -0.310 e. The van der Waals surface area contributed by atoms with Crippen LogP contribution in [-0.2, 0) is 6.54 Å². The fourth-order valence-corrected chi connectivity index (χ4v) is 3.36. The average Bonchev–Trinajstić information content (AvgIpc) is 2.37. The first-order chi connectivity index (χ1) is 9.70. The number of nitrogens with one attached hydrogen (secondary N) is 1. The molecule has 0 spiro atoms. The van der Waals surface area contributed by atoms with Gasteiger partial charge >= 0.3 is 0 Å². The van der Waals surface area contributed by atoms with Crippen molar-refractivity contribution in [1.29, 1.82) is 0 Å². The molecular formula is C17H17BrClN. The van der Waals surface area contributed by atoms with Crippen molar-refractivity contribution in [2.75, 3.05) is 0 Å². The third-order valence-corrected chi connectivity index (χ3v) is 4.67. The van der Waals surface area contributed by atoms with Crippen molar-refractivity contribution < 1.29 is 0 Å². The number of halogens is 2. The molecule has 2 aromatic rings. The number of hydrogen-bond acceptors (Lipinski definition) is 1. The molecule has 0 amide bonds. The fourth-order valence-electron chi connectivity index (χ4n) is 2.73. The molecule has 1 N–H and O–H groups in total. The van der Waals surface area contributed by atoms with Crippen LogP contribution in [0.4, 0.5) is 0 Å². The van der Waals surface area contributed by atoms with Crippen LogP contribution in [0.1, 0.15) is 29.9 Å². The van der Waals surface area contributed by atoms with Crippen molar-refractivity contribution in [3.05, 3.63) is 69.2 Å². The van der Waals surface area contributed by atoms with Gasteiger partial charge in [0.15, 0.2) is 0 Å². The highest BCUT2D eigenvalue weighted by atomic mass is 79.9. The third kappa shape index (κ3) is 3.43. The Hall–Kier alpha value is -0.830. The molecule has 0 aliphatic heterocycles. The predicted molar refractivity (Wildman–Crippen MR) is 88.2 cm³/mol. The van der Waals surface area contributed by atoms with E-state index < -0.39 is 0 Å². The standard InChI is InChI=1S/C17H17BrClN/c18-15-5-2-4-13(8-15)14-9-17(10-14)20-11-12-3-1-6-16(19)7-12/h1-8,14,17,20H,9-11H2. The van der Waals surface area contributed by atoms with Gasteiger partial charge in [-0.05, 0) is 54.2 Å². The lowest BCUT2D eigenvalue weighted by Crippen LogP contribution is -2.39. The van der Waals surface area contributed by atoms with Crippen molar-refractivity contribution in [3.8, 4) is 0 Å². The van der Waals surface area contributed by atoms with Gasteiger partial charge in [-0.2, -0.15) is 0 Å². The molecule has 3 rings (SSSR count). The Labute approximate surface area is 133 Å². The number of hydrogen-bond donors (Lipinski definition) is 1. The summed E-state index contributed by atoms with van der Waals surface area (Å²) in [6.07, 6.45) is 2.44. The Kier molecular flexibility index (Phi) is 4.45. The second kappa shape index (κ2) is 6.30. The van der Waals surface area contributed by atoms with Gasteiger partial charge in [0.05, 0.1) is 0 Å². The van der Waals surface area contributed by atoms with E-state index in [1.807, 2.05) is 18.2 Å². The van der Waals surface area contributed by atoms with Gasteiger partial charge in [0.25, 0.3) is 0 Å². The molecule has 1 aliphatic rings. The summed E-state index contributed by atoms with van der Waals surface area (Å²) >= 11 is 9.53. The lowest BCUT2D eigenvalue weighted by molar-refractivity contribution is 0.289. The van der Waals surface area contributed by atoms with Crippen LogP contribution in [0.3, 0.4) is 0 Å². The predicted octanol–water partition coefficient (Wildman–Crippen LogP) is 5.14. The second-order valence-corrected chi connectivity index (χ2v) is 6.78. The van der Waals surface area contributed by atoms with Crippen LogP contribution in [0.15, 0.2) is 53.0 Å². The summed E-state index contributed by atoms with van der Waals surface area (Å²) in [5.41, 5.74) is 2.70. The molecule has 104 valence electrons. The minimum absolute atomic E-state index is 0.623. The maximum atomic E-state index is 5.99. The first-order valence-electron chi connectivity index (χ1n) is 6.94. The molecule has 2 aromatic carbocycles. The van der Waals surface area contributed by atoms with E-state index in [0.29, 0.717) is 12.0 Å². The highest BCUT2D eigenvalue weighted by molar-refractivity contribution is 9.10. The fraction of sp³-hybridized carbons (Fsp3) is 0.294. The molecule has 1 nitrogen and oxygen atoms in total. The van der Waals surface area contributed by atoms with E-state index in [1.54, 1.807) is 0 Å². The normalized spacial score (nSPS) is 21.5. The van der Waals surface area contributed by atoms with E-state index in [0.717, 1.165) is 11.6 Å². The van der Waals surface area contributed by atoms with Crippen molar-refractivity contribution in [2.24, 2.45) is 0 Å². The summed E-state index contributed by atoms with van der Waals surface area (Å²) in [5.74, 6) is 0.698. The van der Waals surface area contributed by atoms with Gasteiger partial charge in [0, 0.05) is 22.1 Å². The summed E-state index contributed by atoms with van der Waals surface area (Å²) < 4.78 is 1.17. The lowest BCUT2D eigenvalue weighted by atomic mass is 9.76. The zero-order valence-corrected chi connectivity index (χ0v) is 13.5.